The van der Waals surface area contributed by atoms with Gasteiger partial charge in [-0.15, -0.1) is 0 Å². The third-order valence-corrected chi connectivity index (χ3v) is 12.4. The van der Waals surface area contributed by atoms with Gasteiger partial charge in [0.2, 0.25) is 0 Å². The van der Waals surface area contributed by atoms with Gasteiger partial charge in [-0.3, -0.25) is 0 Å². The molecule has 0 radical (unpaired) electrons. The fourth-order valence-electron chi connectivity index (χ4n) is 8.99. The van der Waals surface area contributed by atoms with E-state index in [-0.39, 0.29) is 61.5 Å². The molecular weight excluding hydrogens is 748 g/mol. The number of rotatable bonds is 17. The molecule has 13 nitrogen and oxygen atoms in total. The monoisotopic (exact) mass is 816 g/mol. The molecule has 1 aliphatic carbocycles. The topological polar surface area (TPSA) is 128 Å². The second-order valence-electron chi connectivity index (χ2n) is 16.8. The van der Waals surface area contributed by atoms with Gasteiger partial charge < -0.3 is 56.8 Å². The molecule has 58 heavy (non-hydrogen) atoms. The second-order valence-corrected chi connectivity index (χ2v) is 16.8. The first-order chi connectivity index (χ1) is 28.4. The second kappa shape index (κ2) is 21.6. The molecule has 7 rings (SSSR count). The molecular formula is C45H68O13. The molecule has 5 aliphatic heterocycles. The zero-order valence-electron chi connectivity index (χ0n) is 35.2. The van der Waals surface area contributed by atoms with E-state index >= 15 is 0 Å². The van der Waals surface area contributed by atoms with Crippen molar-refractivity contribution in [2.45, 2.75) is 185 Å². The van der Waals surface area contributed by atoms with E-state index in [1.165, 1.54) is 0 Å². The van der Waals surface area contributed by atoms with E-state index in [4.69, 9.17) is 56.8 Å². The summed E-state index contributed by atoms with van der Waals surface area (Å²) in [6.45, 7) is 13.0. The van der Waals surface area contributed by atoms with E-state index in [0.717, 1.165) is 63.4 Å². The lowest BCUT2D eigenvalue weighted by Gasteiger charge is -2.51. The third kappa shape index (κ3) is 10.5. The Morgan fingerprint density at radius 3 is 2.17 bits per heavy atom. The molecule has 6 unspecified atom stereocenters. The van der Waals surface area contributed by atoms with E-state index in [0.29, 0.717) is 26.2 Å². The Hall–Kier alpha value is -2.17. The van der Waals surface area contributed by atoms with Crippen LogP contribution in [0.15, 0.2) is 42.7 Å². The number of ether oxygens (including phenoxy) is 12. The first kappa shape index (κ1) is 43.9. The highest BCUT2D eigenvalue weighted by atomic mass is 16.8. The number of cyclic esters (lactones) is 1. The maximum atomic E-state index is 13.1. The number of benzene rings is 1. The van der Waals surface area contributed by atoms with E-state index in [1.807, 2.05) is 43.3 Å². The number of hydrogen-bond donors (Lipinski definition) is 0. The average Bonchev–Trinajstić information content (AvgIpc) is 3.62. The minimum atomic E-state index is -0.893. The lowest BCUT2D eigenvalue weighted by atomic mass is 9.85. The smallest absolute Gasteiger partial charge is 0.335 e. The van der Waals surface area contributed by atoms with Gasteiger partial charge in [0.05, 0.1) is 37.8 Å². The van der Waals surface area contributed by atoms with Crippen LogP contribution in [0.4, 0.5) is 0 Å². The Labute approximate surface area is 344 Å². The van der Waals surface area contributed by atoms with Crippen molar-refractivity contribution < 1.29 is 61.6 Å². The Morgan fingerprint density at radius 1 is 0.707 bits per heavy atom. The van der Waals surface area contributed by atoms with Crippen LogP contribution in [0.5, 0.6) is 0 Å². The summed E-state index contributed by atoms with van der Waals surface area (Å²) in [4.78, 5) is 13.1. The molecule has 4 saturated heterocycles. The molecule has 13 heteroatoms. The van der Waals surface area contributed by atoms with Crippen LogP contribution in [0.1, 0.15) is 111 Å². The molecule has 6 aliphatic rings. The first-order valence-electron chi connectivity index (χ1n) is 22.3. The highest BCUT2D eigenvalue weighted by Gasteiger charge is 2.56. The van der Waals surface area contributed by atoms with Gasteiger partial charge in [-0.1, -0.05) is 83.7 Å². The van der Waals surface area contributed by atoms with Crippen LogP contribution < -0.4 is 0 Å². The molecule has 326 valence electrons. The predicted octanol–water partition coefficient (Wildman–Crippen LogP) is 6.95. The number of unbranched alkanes of at least 4 members (excludes halogenated alkanes) is 3. The number of hydrogen-bond acceptors (Lipinski definition) is 13. The largest absolute Gasteiger partial charge is 0.490 e. The lowest BCUT2D eigenvalue weighted by Crippen LogP contribution is -2.65. The maximum absolute atomic E-state index is 13.1. The van der Waals surface area contributed by atoms with Crippen molar-refractivity contribution in [3.63, 3.8) is 0 Å². The van der Waals surface area contributed by atoms with Crippen molar-refractivity contribution in [3.05, 3.63) is 48.2 Å². The molecule has 0 amide bonds. The van der Waals surface area contributed by atoms with Gasteiger partial charge in [0.25, 0.3) is 0 Å². The van der Waals surface area contributed by atoms with Gasteiger partial charge in [0.15, 0.2) is 31.1 Å². The van der Waals surface area contributed by atoms with E-state index in [1.54, 1.807) is 6.26 Å². The van der Waals surface area contributed by atoms with Gasteiger partial charge in [0.1, 0.15) is 36.6 Å². The summed E-state index contributed by atoms with van der Waals surface area (Å²) in [6, 6.07) is 9.77. The summed E-state index contributed by atoms with van der Waals surface area (Å²) < 4.78 is 79.0. The maximum Gasteiger partial charge on any atom is 0.335 e. The van der Waals surface area contributed by atoms with E-state index in [9.17, 15) is 4.79 Å². The van der Waals surface area contributed by atoms with Gasteiger partial charge in [-0.2, -0.15) is 0 Å². The van der Waals surface area contributed by atoms with Crippen LogP contribution in [0.3, 0.4) is 0 Å². The number of fused-ring (bicyclic) bond motifs is 4. The number of carbonyl (C=O) groups excluding carboxylic acids is 1. The average molecular weight is 817 g/mol. The van der Waals surface area contributed by atoms with Gasteiger partial charge >= 0.3 is 5.97 Å². The van der Waals surface area contributed by atoms with E-state index < -0.39 is 55.5 Å². The van der Waals surface area contributed by atoms with E-state index in [2.05, 4.69) is 27.7 Å². The Morgan fingerprint density at radius 2 is 1.43 bits per heavy atom. The Kier molecular flexibility index (Phi) is 16.3. The van der Waals surface area contributed by atoms with Crippen molar-refractivity contribution in [2.24, 2.45) is 11.8 Å². The van der Waals surface area contributed by atoms with Crippen molar-refractivity contribution in [1.29, 1.82) is 0 Å². The zero-order valence-corrected chi connectivity index (χ0v) is 35.2. The minimum Gasteiger partial charge on any atom is -0.490 e. The van der Waals surface area contributed by atoms with Crippen molar-refractivity contribution in [3.8, 4) is 0 Å². The summed E-state index contributed by atoms with van der Waals surface area (Å²) in [5.74, 6) is -0.392. The normalized spacial score (nSPS) is 40.8. The minimum absolute atomic E-state index is 0.138. The molecule has 0 spiro atoms. The molecule has 0 bridgehead atoms. The molecule has 5 heterocycles. The van der Waals surface area contributed by atoms with Crippen LogP contribution in [0.25, 0.3) is 0 Å². The van der Waals surface area contributed by atoms with Crippen LogP contribution >= 0.6 is 0 Å². The Bertz CT molecular complexity index is 1410. The summed E-state index contributed by atoms with van der Waals surface area (Å²) >= 11 is 0. The molecule has 0 N–H and O–H groups in total. The fourth-order valence-corrected chi connectivity index (χ4v) is 8.99. The zero-order chi connectivity index (χ0) is 40.4. The Balaban J connectivity index is 1.13. The number of allylic oxidation sites excluding steroid dienone is 1. The van der Waals surface area contributed by atoms with Gasteiger partial charge in [-0.25, -0.2) is 4.79 Å². The molecule has 16 atom stereocenters. The molecule has 0 aromatic heterocycles. The molecule has 1 aromatic carbocycles. The predicted molar refractivity (Wildman–Crippen MR) is 211 cm³/mol. The van der Waals surface area contributed by atoms with Gasteiger partial charge in [-0.05, 0) is 57.4 Å². The SMILES string of the molecule is CCCCOC1[C@H](OCCCC)C(C)O[C@@H](OC2[C@H](C)CCC[C@H]2O[C@@H]2O[C@H]3COC(c4ccccc4)O[C@@H]3C3O[C@H]4C(=O)OC[C@@H]4C/C=C\OC32)[C@H]1OCCCC. The van der Waals surface area contributed by atoms with Crippen LogP contribution in [0, 0.1) is 11.8 Å². The van der Waals surface area contributed by atoms with Crippen molar-refractivity contribution >= 4 is 5.97 Å². The standard InChI is InChI=1S/C45H68O13/c1-6-9-22-47-35-29(5)53-44(40(49-24-11-8-3)38(35)48-23-10-7-2)57-34-28(4)17-15-21-32(34)54-45-41-39(56-36-31(20-16-25-50-41)26-51-42(36)46)37-33(55-45)27-52-43(58-37)30-18-13-12-14-19-30/h12-14,16,18-19,25,28-29,31-41,43-45H,6-11,15,17,20-24,26-27H2,1-5H3/b25-16-/t28-,29?,31+,32-,33+,34?,35-,36-,37+,38?,39?,40+,41?,43?,44+,45-/m1/s1. The quantitative estimate of drug-likeness (QED) is 0.119. The number of esters is 1. The highest BCUT2D eigenvalue weighted by molar-refractivity contribution is 5.77. The van der Waals surface area contributed by atoms with Crippen molar-refractivity contribution in [1.82, 2.24) is 0 Å². The highest BCUT2D eigenvalue weighted by Crippen LogP contribution is 2.42. The first-order valence-corrected chi connectivity index (χ1v) is 22.3. The van der Waals surface area contributed by atoms with Crippen molar-refractivity contribution in [2.75, 3.05) is 33.0 Å². The molecule has 5 fully saturated rings. The third-order valence-electron chi connectivity index (χ3n) is 12.4. The van der Waals surface area contributed by atoms with Crippen LogP contribution in [-0.4, -0.2) is 119 Å². The summed E-state index contributed by atoms with van der Waals surface area (Å²) in [6.07, 6.45) is 4.79. The summed E-state index contributed by atoms with van der Waals surface area (Å²) in [5.41, 5.74) is 0.877. The molecule has 1 saturated carbocycles. The summed E-state index contributed by atoms with van der Waals surface area (Å²) in [7, 11) is 0. The molecule has 1 aromatic rings. The summed E-state index contributed by atoms with van der Waals surface area (Å²) in [5, 5.41) is 0. The number of carbonyl (C=O) groups is 1. The van der Waals surface area contributed by atoms with Crippen LogP contribution in [-0.2, 0) is 61.6 Å². The lowest BCUT2D eigenvalue weighted by molar-refractivity contribution is -0.382. The van der Waals surface area contributed by atoms with Gasteiger partial charge in [0, 0.05) is 31.3 Å². The fraction of sp³-hybridized carbons (Fsp3) is 0.800. The van der Waals surface area contributed by atoms with Crippen LogP contribution in [0.2, 0.25) is 0 Å².